The van der Waals surface area contributed by atoms with Gasteiger partial charge >= 0.3 is 6.09 Å². The Morgan fingerprint density at radius 2 is 1.79 bits per heavy atom. The number of ether oxygens (including phenoxy) is 2. The summed E-state index contributed by atoms with van der Waals surface area (Å²) in [6.07, 6.45) is 1.87. The monoisotopic (exact) mass is 416 g/mol. The number of carbonyl (C=O) groups is 2. The molecule has 1 N–H and O–H groups in total. The summed E-state index contributed by atoms with van der Waals surface area (Å²) in [7, 11) is 1.69. The number of nitrogens with zero attached hydrogens (tertiary/aromatic N) is 1. The highest BCUT2D eigenvalue weighted by Crippen LogP contribution is 2.16. The molecule has 2 aromatic rings. The Morgan fingerprint density at radius 1 is 1.10 bits per heavy atom. The summed E-state index contributed by atoms with van der Waals surface area (Å²) in [5, 5.41) is 3.32. The Balaban J connectivity index is 1.46. The van der Waals surface area contributed by atoms with Crippen LogP contribution in [0.1, 0.15) is 24.0 Å². The minimum Gasteiger partial charge on any atom is -0.444 e. The van der Waals surface area contributed by atoms with Crippen LogP contribution in [0, 0.1) is 0 Å². The zero-order valence-corrected chi connectivity index (χ0v) is 17.2. The van der Waals surface area contributed by atoms with Gasteiger partial charge in [0.1, 0.15) is 6.61 Å². The number of nitrogens with one attached hydrogen (secondary N) is 1. The van der Waals surface area contributed by atoms with Crippen molar-refractivity contribution in [3.63, 3.8) is 0 Å². The average Bonchev–Trinajstić information content (AvgIpc) is 2.74. The maximum atomic E-state index is 12.5. The summed E-state index contributed by atoms with van der Waals surface area (Å²) >= 11 is 5.83. The van der Waals surface area contributed by atoms with Gasteiger partial charge in [-0.2, -0.15) is 0 Å². The Labute approximate surface area is 175 Å². The number of piperidine rings is 1. The van der Waals surface area contributed by atoms with Crippen LogP contribution in [0.4, 0.5) is 10.5 Å². The Bertz CT molecular complexity index is 824. The topological polar surface area (TPSA) is 67.9 Å². The molecular weight excluding hydrogens is 392 g/mol. The highest BCUT2D eigenvalue weighted by Gasteiger charge is 2.23. The predicted molar refractivity (Wildman–Crippen MR) is 112 cm³/mol. The molecule has 0 aromatic heterocycles. The molecule has 0 aliphatic carbocycles. The number of anilines is 1. The quantitative estimate of drug-likeness (QED) is 0.763. The number of rotatable bonds is 6. The summed E-state index contributed by atoms with van der Waals surface area (Å²) in [5.41, 5.74) is 2.36. The fourth-order valence-electron chi connectivity index (χ4n) is 3.23. The molecule has 1 fully saturated rings. The standard InChI is InChI=1S/C22H25ClN2O4/c1-28-20-3-2-12-25(14-20)21(26)13-16-6-10-19(11-7-16)24-22(27)29-15-17-4-8-18(23)9-5-17/h4-11,20H,2-3,12-15H2,1H3,(H,24,27)/t20-/m0/s1. The normalized spacial score (nSPS) is 16.3. The smallest absolute Gasteiger partial charge is 0.411 e. The zero-order chi connectivity index (χ0) is 20.6. The SMILES string of the molecule is CO[C@H]1CCCN(C(=O)Cc2ccc(NC(=O)OCc3ccc(Cl)cc3)cc2)C1. The van der Waals surface area contributed by atoms with Gasteiger partial charge in [-0.1, -0.05) is 35.9 Å². The number of likely N-dealkylation sites (tertiary alicyclic amines) is 1. The van der Waals surface area contributed by atoms with Crippen molar-refractivity contribution in [3.8, 4) is 0 Å². The third kappa shape index (κ3) is 6.48. The maximum Gasteiger partial charge on any atom is 0.411 e. The van der Waals surface area contributed by atoms with Gasteiger partial charge in [0.2, 0.25) is 5.91 Å². The van der Waals surface area contributed by atoms with Crippen LogP contribution in [0.2, 0.25) is 5.02 Å². The molecule has 154 valence electrons. The van der Waals surface area contributed by atoms with E-state index in [1.165, 1.54) is 0 Å². The average molecular weight is 417 g/mol. The number of carbonyl (C=O) groups excluding carboxylic acids is 2. The first-order valence-electron chi connectivity index (χ1n) is 9.61. The second-order valence-corrected chi connectivity index (χ2v) is 7.48. The fourth-order valence-corrected chi connectivity index (χ4v) is 3.36. The van der Waals surface area contributed by atoms with E-state index in [0.717, 1.165) is 30.5 Å². The molecule has 1 saturated heterocycles. The van der Waals surface area contributed by atoms with Gasteiger partial charge in [0.25, 0.3) is 0 Å². The first-order chi connectivity index (χ1) is 14.0. The van der Waals surface area contributed by atoms with Crippen LogP contribution in [0.5, 0.6) is 0 Å². The van der Waals surface area contributed by atoms with E-state index >= 15 is 0 Å². The highest BCUT2D eigenvalue weighted by molar-refractivity contribution is 6.30. The minimum absolute atomic E-state index is 0.0924. The van der Waals surface area contributed by atoms with E-state index in [0.29, 0.717) is 23.7 Å². The number of benzene rings is 2. The molecule has 1 aliphatic heterocycles. The van der Waals surface area contributed by atoms with E-state index in [-0.39, 0.29) is 18.6 Å². The molecule has 0 unspecified atom stereocenters. The molecule has 0 saturated carbocycles. The molecule has 0 radical (unpaired) electrons. The second kappa shape index (κ2) is 10.3. The molecule has 2 amide bonds. The lowest BCUT2D eigenvalue weighted by Gasteiger charge is -2.32. The van der Waals surface area contributed by atoms with Crippen molar-refractivity contribution < 1.29 is 19.1 Å². The van der Waals surface area contributed by atoms with Gasteiger partial charge in [-0.3, -0.25) is 10.1 Å². The minimum atomic E-state index is -0.539. The van der Waals surface area contributed by atoms with Gasteiger partial charge in [0.05, 0.1) is 12.5 Å². The van der Waals surface area contributed by atoms with Crippen molar-refractivity contribution >= 4 is 29.3 Å². The number of hydrogen-bond acceptors (Lipinski definition) is 4. The lowest BCUT2D eigenvalue weighted by atomic mass is 10.1. The number of amides is 2. The summed E-state index contributed by atoms with van der Waals surface area (Å²) < 4.78 is 10.6. The number of halogens is 1. The molecule has 2 aromatic carbocycles. The molecule has 1 atom stereocenters. The first kappa shape index (κ1) is 21.1. The summed E-state index contributed by atoms with van der Waals surface area (Å²) in [6, 6.07) is 14.3. The predicted octanol–water partition coefficient (Wildman–Crippen LogP) is 4.27. The molecular formula is C22H25ClN2O4. The van der Waals surface area contributed by atoms with Crippen molar-refractivity contribution in [2.24, 2.45) is 0 Å². The van der Waals surface area contributed by atoms with Crippen LogP contribution in [-0.2, 0) is 27.3 Å². The van der Waals surface area contributed by atoms with Crippen LogP contribution in [0.3, 0.4) is 0 Å². The summed E-state index contributed by atoms with van der Waals surface area (Å²) in [6.45, 7) is 1.58. The molecule has 6 nitrogen and oxygen atoms in total. The van der Waals surface area contributed by atoms with Gasteiger partial charge in [-0.25, -0.2) is 4.79 Å². The molecule has 7 heteroatoms. The van der Waals surface area contributed by atoms with Gasteiger partial charge < -0.3 is 14.4 Å². The summed E-state index contributed by atoms with van der Waals surface area (Å²) in [4.78, 5) is 26.3. The van der Waals surface area contributed by atoms with E-state index in [9.17, 15) is 9.59 Å². The van der Waals surface area contributed by atoms with Crippen LogP contribution in [0.15, 0.2) is 48.5 Å². The van der Waals surface area contributed by atoms with Crippen LogP contribution in [-0.4, -0.2) is 43.2 Å². The van der Waals surface area contributed by atoms with Gasteiger partial charge in [-0.15, -0.1) is 0 Å². The van der Waals surface area contributed by atoms with Crippen LogP contribution in [0.25, 0.3) is 0 Å². The van der Waals surface area contributed by atoms with Gasteiger partial charge in [0.15, 0.2) is 0 Å². The number of methoxy groups -OCH3 is 1. The Hall–Kier alpha value is -2.57. The van der Waals surface area contributed by atoms with E-state index in [1.54, 1.807) is 43.5 Å². The molecule has 29 heavy (non-hydrogen) atoms. The second-order valence-electron chi connectivity index (χ2n) is 7.04. The lowest BCUT2D eigenvalue weighted by Crippen LogP contribution is -2.43. The van der Waals surface area contributed by atoms with Gasteiger partial charge in [0, 0.05) is 30.9 Å². The number of hydrogen-bond donors (Lipinski definition) is 1. The summed E-state index contributed by atoms with van der Waals surface area (Å²) in [5.74, 6) is 0.0924. The van der Waals surface area contributed by atoms with Crippen molar-refractivity contribution in [3.05, 3.63) is 64.7 Å². The van der Waals surface area contributed by atoms with Crippen LogP contribution < -0.4 is 5.32 Å². The lowest BCUT2D eigenvalue weighted by molar-refractivity contribution is -0.134. The van der Waals surface area contributed by atoms with E-state index in [4.69, 9.17) is 21.1 Å². The van der Waals surface area contributed by atoms with Crippen molar-refractivity contribution in [2.75, 3.05) is 25.5 Å². The van der Waals surface area contributed by atoms with E-state index < -0.39 is 6.09 Å². The zero-order valence-electron chi connectivity index (χ0n) is 16.4. The van der Waals surface area contributed by atoms with Crippen LogP contribution >= 0.6 is 11.6 Å². The van der Waals surface area contributed by atoms with Gasteiger partial charge in [-0.05, 0) is 48.2 Å². The molecule has 1 aliphatic rings. The third-order valence-electron chi connectivity index (χ3n) is 4.90. The van der Waals surface area contributed by atoms with Crippen molar-refractivity contribution in [1.29, 1.82) is 0 Å². The van der Waals surface area contributed by atoms with E-state index in [2.05, 4.69) is 5.32 Å². The molecule has 1 heterocycles. The first-order valence-corrected chi connectivity index (χ1v) is 9.99. The molecule has 3 rings (SSSR count). The third-order valence-corrected chi connectivity index (χ3v) is 5.16. The largest absolute Gasteiger partial charge is 0.444 e. The molecule has 0 spiro atoms. The Kier molecular flexibility index (Phi) is 7.49. The Morgan fingerprint density at radius 3 is 2.48 bits per heavy atom. The highest BCUT2D eigenvalue weighted by atomic mass is 35.5. The molecule has 0 bridgehead atoms. The maximum absolute atomic E-state index is 12.5. The fraction of sp³-hybridized carbons (Fsp3) is 0.364. The van der Waals surface area contributed by atoms with Crippen molar-refractivity contribution in [2.45, 2.75) is 32.0 Å². The van der Waals surface area contributed by atoms with E-state index in [1.807, 2.05) is 17.0 Å². The van der Waals surface area contributed by atoms with Crippen molar-refractivity contribution in [1.82, 2.24) is 4.90 Å².